The van der Waals surface area contributed by atoms with Crippen LogP contribution in [0.5, 0.6) is 0 Å². The van der Waals surface area contributed by atoms with Crippen LogP contribution < -0.4 is 5.32 Å². The number of aromatic nitrogens is 3. The summed E-state index contributed by atoms with van der Waals surface area (Å²) >= 11 is 1.91. The first kappa shape index (κ1) is 13.5. The molecule has 0 spiro atoms. The average Bonchev–Trinajstić information content (AvgIpc) is 3.04. The summed E-state index contributed by atoms with van der Waals surface area (Å²) in [5, 5.41) is 9.45. The molecule has 0 amide bonds. The molecular formula is C16H22N4S. The minimum atomic E-state index is 0.230. The number of nitrogens with one attached hydrogen (secondary N) is 1. The molecule has 2 aromatic heterocycles. The number of rotatable bonds is 5. The van der Waals surface area contributed by atoms with Gasteiger partial charge in [-0.1, -0.05) is 0 Å². The summed E-state index contributed by atoms with van der Waals surface area (Å²) < 4.78 is 2.00. The molecule has 4 nitrogen and oxygen atoms in total. The molecule has 21 heavy (non-hydrogen) atoms. The number of aryl methyl sites for hydroxylation is 3. The van der Waals surface area contributed by atoms with Gasteiger partial charge in [-0.25, -0.2) is 4.98 Å². The lowest BCUT2D eigenvalue weighted by molar-refractivity contribution is 0.592. The van der Waals surface area contributed by atoms with E-state index in [4.69, 9.17) is 4.98 Å². The largest absolute Gasteiger partial charge is 0.301 e. The number of hydrogen-bond acceptors (Lipinski definition) is 4. The molecule has 1 saturated carbocycles. The highest BCUT2D eigenvalue weighted by molar-refractivity contribution is 7.11. The maximum atomic E-state index is 4.96. The molecule has 1 fully saturated rings. The molecule has 0 saturated heterocycles. The van der Waals surface area contributed by atoms with E-state index in [2.05, 4.69) is 23.5 Å². The van der Waals surface area contributed by atoms with E-state index in [0.717, 1.165) is 13.0 Å². The van der Waals surface area contributed by atoms with E-state index in [1.165, 1.54) is 53.2 Å². The topological polar surface area (TPSA) is 42.7 Å². The third-order valence-electron chi connectivity index (χ3n) is 4.40. The Balaban J connectivity index is 1.66. The van der Waals surface area contributed by atoms with Crippen molar-refractivity contribution >= 4 is 11.3 Å². The number of hydrogen-bond donors (Lipinski definition) is 1. The molecule has 2 aromatic rings. The lowest BCUT2D eigenvalue weighted by atomic mass is 10.0. The van der Waals surface area contributed by atoms with Crippen LogP contribution in [-0.4, -0.2) is 20.8 Å². The van der Waals surface area contributed by atoms with E-state index >= 15 is 0 Å². The molecule has 0 aliphatic heterocycles. The summed E-state index contributed by atoms with van der Waals surface area (Å²) in [5.74, 6) is 0. The highest BCUT2D eigenvalue weighted by atomic mass is 32.1. The Morgan fingerprint density at radius 3 is 2.95 bits per heavy atom. The van der Waals surface area contributed by atoms with Crippen LogP contribution in [0.1, 0.15) is 59.8 Å². The molecule has 1 unspecified atom stereocenters. The Hall–Kier alpha value is -1.20. The normalized spacial score (nSPS) is 19.5. The van der Waals surface area contributed by atoms with Crippen molar-refractivity contribution in [2.24, 2.45) is 0 Å². The Morgan fingerprint density at radius 1 is 1.38 bits per heavy atom. The van der Waals surface area contributed by atoms with Crippen molar-refractivity contribution in [1.82, 2.24) is 20.1 Å². The van der Waals surface area contributed by atoms with E-state index in [-0.39, 0.29) is 6.04 Å². The van der Waals surface area contributed by atoms with Gasteiger partial charge in [-0.05, 0) is 45.4 Å². The smallest absolute Gasteiger partial charge is 0.115 e. The zero-order valence-electron chi connectivity index (χ0n) is 12.5. The molecule has 2 heterocycles. The van der Waals surface area contributed by atoms with E-state index in [9.17, 15) is 0 Å². The molecule has 2 aliphatic rings. The first-order valence-corrected chi connectivity index (χ1v) is 8.92. The molecule has 2 aliphatic carbocycles. The lowest BCUT2D eigenvalue weighted by Crippen LogP contribution is -2.24. The van der Waals surface area contributed by atoms with Gasteiger partial charge in [-0.2, -0.15) is 5.10 Å². The Bertz CT molecular complexity index is 603. The minimum Gasteiger partial charge on any atom is -0.301 e. The van der Waals surface area contributed by atoms with Gasteiger partial charge in [0.2, 0.25) is 0 Å². The molecule has 0 aromatic carbocycles. The summed E-state index contributed by atoms with van der Waals surface area (Å²) in [7, 11) is 0. The number of thiazole rings is 1. The van der Waals surface area contributed by atoms with Gasteiger partial charge in [-0.3, -0.25) is 4.68 Å². The molecule has 1 atom stereocenters. The fourth-order valence-corrected chi connectivity index (χ4v) is 4.23. The van der Waals surface area contributed by atoms with Crippen LogP contribution in [0.25, 0.3) is 0 Å². The standard InChI is InChI=1S/C16H22N4S/c1-2-20-10-11(9-17-20)15(18-12-7-8-12)16-19-13-5-3-4-6-14(13)21-16/h9-10,12,15,18H,2-8H2,1H3. The van der Waals surface area contributed by atoms with Crippen molar-refractivity contribution in [2.45, 2.75) is 64.1 Å². The van der Waals surface area contributed by atoms with Gasteiger partial charge in [0, 0.05) is 29.2 Å². The molecule has 112 valence electrons. The SMILES string of the molecule is CCn1cc(C(NC2CC2)c2nc3c(s2)CCCC3)cn1. The van der Waals surface area contributed by atoms with E-state index in [1.807, 2.05) is 22.2 Å². The van der Waals surface area contributed by atoms with Gasteiger partial charge in [-0.15, -0.1) is 11.3 Å². The van der Waals surface area contributed by atoms with Crippen LogP contribution in [0.15, 0.2) is 12.4 Å². The molecule has 4 rings (SSSR count). The zero-order valence-corrected chi connectivity index (χ0v) is 13.3. The summed E-state index contributed by atoms with van der Waals surface area (Å²) in [6.45, 7) is 3.05. The summed E-state index contributed by atoms with van der Waals surface area (Å²) in [6.07, 6.45) is 11.8. The second-order valence-corrected chi connectivity index (χ2v) is 7.25. The monoisotopic (exact) mass is 302 g/mol. The fourth-order valence-electron chi connectivity index (χ4n) is 2.99. The van der Waals surface area contributed by atoms with Crippen molar-refractivity contribution in [3.05, 3.63) is 33.5 Å². The molecule has 0 bridgehead atoms. The third kappa shape index (κ3) is 2.77. The fraction of sp³-hybridized carbons (Fsp3) is 0.625. The van der Waals surface area contributed by atoms with Crippen LogP contribution in [0.3, 0.4) is 0 Å². The van der Waals surface area contributed by atoms with Gasteiger partial charge in [0.25, 0.3) is 0 Å². The van der Waals surface area contributed by atoms with Gasteiger partial charge < -0.3 is 5.32 Å². The molecule has 0 radical (unpaired) electrons. The molecule has 1 N–H and O–H groups in total. The van der Waals surface area contributed by atoms with E-state index in [1.54, 1.807) is 0 Å². The van der Waals surface area contributed by atoms with Crippen LogP contribution in [-0.2, 0) is 19.4 Å². The van der Waals surface area contributed by atoms with Gasteiger partial charge in [0.1, 0.15) is 5.01 Å². The van der Waals surface area contributed by atoms with Crippen LogP contribution in [0, 0.1) is 0 Å². The van der Waals surface area contributed by atoms with Gasteiger partial charge in [0.05, 0.1) is 17.9 Å². The minimum absolute atomic E-state index is 0.230. The maximum absolute atomic E-state index is 4.96. The zero-order chi connectivity index (χ0) is 14.2. The predicted octanol–water partition coefficient (Wildman–Crippen LogP) is 3.08. The lowest BCUT2D eigenvalue weighted by Gasteiger charge is -2.14. The Labute approximate surface area is 129 Å². The van der Waals surface area contributed by atoms with Crippen molar-refractivity contribution in [3.8, 4) is 0 Å². The van der Waals surface area contributed by atoms with E-state index < -0.39 is 0 Å². The van der Waals surface area contributed by atoms with Crippen LogP contribution >= 0.6 is 11.3 Å². The number of fused-ring (bicyclic) bond motifs is 1. The summed E-state index contributed by atoms with van der Waals surface area (Å²) in [5.41, 5.74) is 2.61. The summed E-state index contributed by atoms with van der Waals surface area (Å²) in [4.78, 5) is 6.48. The average molecular weight is 302 g/mol. The second-order valence-electron chi connectivity index (χ2n) is 6.13. The Morgan fingerprint density at radius 2 is 2.24 bits per heavy atom. The second kappa shape index (κ2) is 5.54. The first-order chi connectivity index (χ1) is 10.3. The molecule has 5 heteroatoms. The van der Waals surface area contributed by atoms with Gasteiger partial charge in [0.15, 0.2) is 0 Å². The van der Waals surface area contributed by atoms with Crippen molar-refractivity contribution in [2.75, 3.05) is 0 Å². The first-order valence-electron chi connectivity index (χ1n) is 8.10. The van der Waals surface area contributed by atoms with E-state index in [0.29, 0.717) is 6.04 Å². The quantitative estimate of drug-likeness (QED) is 0.923. The summed E-state index contributed by atoms with van der Waals surface area (Å²) in [6, 6.07) is 0.898. The van der Waals surface area contributed by atoms with Crippen molar-refractivity contribution < 1.29 is 0 Å². The highest BCUT2D eigenvalue weighted by Gasteiger charge is 2.29. The molecular weight excluding hydrogens is 280 g/mol. The predicted molar refractivity (Wildman–Crippen MR) is 84.7 cm³/mol. The van der Waals surface area contributed by atoms with Crippen molar-refractivity contribution in [1.29, 1.82) is 0 Å². The van der Waals surface area contributed by atoms with Crippen molar-refractivity contribution in [3.63, 3.8) is 0 Å². The Kier molecular flexibility index (Phi) is 3.55. The van der Waals surface area contributed by atoms with Gasteiger partial charge >= 0.3 is 0 Å². The number of nitrogens with zero attached hydrogens (tertiary/aromatic N) is 3. The highest BCUT2D eigenvalue weighted by Crippen LogP contribution is 2.34. The van der Waals surface area contributed by atoms with Crippen LogP contribution in [0.2, 0.25) is 0 Å². The van der Waals surface area contributed by atoms with Crippen LogP contribution in [0.4, 0.5) is 0 Å². The maximum Gasteiger partial charge on any atom is 0.115 e. The third-order valence-corrected chi connectivity index (χ3v) is 5.62.